The molecule has 0 N–H and O–H groups in total. The molecule has 2 aromatic rings. The van der Waals surface area contributed by atoms with Gasteiger partial charge in [-0.05, 0) is 40.8 Å². The highest BCUT2D eigenvalue weighted by Gasteiger charge is 2.12. The van der Waals surface area contributed by atoms with Gasteiger partial charge in [0.2, 0.25) is 6.08 Å². The average molecular weight is 281 g/mol. The molecular weight excluding hydrogens is 262 g/mol. The van der Waals surface area contributed by atoms with Crippen molar-refractivity contribution in [1.29, 1.82) is 0 Å². The number of aliphatic imine (C=N–C) groups is 1. The molecule has 0 aliphatic rings. The monoisotopic (exact) mass is 281 g/mol. The molecule has 2 rings (SSSR count). The molecule has 108 valence electrons. The average Bonchev–Trinajstić information content (AvgIpc) is 2.45. The van der Waals surface area contributed by atoms with Crippen molar-refractivity contribution < 1.29 is 9.53 Å². The molecule has 0 aromatic heterocycles. The minimum atomic E-state index is 0.139. The van der Waals surface area contributed by atoms with Gasteiger partial charge in [0.25, 0.3) is 0 Å². The lowest BCUT2D eigenvalue weighted by molar-refractivity contribution is 0.306. The summed E-state index contributed by atoms with van der Waals surface area (Å²) in [6, 6.07) is 15.5. The summed E-state index contributed by atoms with van der Waals surface area (Å²) in [4.78, 5) is 13.9. The molecule has 21 heavy (non-hydrogen) atoms. The molecule has 0 aliphatic heterocycles. The van der Waals surface area contributed by atoms with E-state index in [1.54, 1.807) is 6.07 Å². The van der Waals surface area contributed by atoms with E-state index in [0.29, 0.717) is 12.3 Å². The fourth-order valence-corrected chi connectivity index (χ4v) is 1.99. The number of hydrogen-bond donors (Lipinski definition) is 0. The van der Waals surface area contributed by atoms with Gasteiger partial charge in [0.15, 0.2) is 0 Å². The number of benzene rings is 2. The van der Waals surface area contributed by atoms with Crippen molar-refractivity contribution in [2.45, 2.75) is 32.8 Å². The molecule has 3 heteroatoms. The van der Waals surface area contributed by atoms with E-state index >= 15 is 0 Å². The highest BCUT2D eigenvalue weighted by molar-refractivity contribution is 5.49. The molecular formula is C18H19NO2. The van der Waals surface area contributed by atoms with E-state index in [2.05, 4.69) is 37.9 Å². The molecule has 0 bridgehead atoms. The number of hydrogen-bond acceptors (Lipinski definition) is 3. The first-order chi connectivity index (χ1) is 9.99. The lowest BCUT2D eigenvalue weighted by Gasteiger charge is -2.19. The quantitative estimate of drug-likeness (QED) is 0.610. The SMILES string of the molecule is CC(C)(C)c1ccc(OCc2cccc(N=C=O)c2)cc1. The third-order valence-electron chi connectivity index (χ3n) is 3.21. The van der Waals surface area contributed by atoms with Crippen LogP contribution in [-0.2, 0) is 16.8 Å². The molecule has 3 nitrogen and oxygen atoms in total. The molecule has 0 atom stereocenters. The zero-order valence-corrected chi connectivity index (χ0v) is 12.6. The van der Waals surface area contributed by atoms with E-state index in [1.165, 1.54) is 11.6 Å². The minimum Gasteiger partial charge on any atom is -0.489 e. The summed E-state index contributed by atoms with van der Waals surface area (Å²) >= 11 is 0. The Morgan fingerprint density at radius 1 is 1.10 bits per heavy atom. The lowest BCUT2D eigenvalue weighted by Crippen LogP contribution is -2.10. The van der Waals surface area contributed by atoms with Crippen LogP contribution in [0.25, 0.3) is 0 Å². The topological polar surface area (TPSA) is 38.7 Å². The maximum Gasteiger partial charge on any atom is 0.240 e. The Balaban J connectivity index is 2.03. The predicted molar refractivity (Wildman–Crippen MR) is 83.7 cm³/mol. The van der Waals surface area contributed by atoms with Crippen molar-refractivity contribution in [2.75, 3.05) is 0 Å². The second-order valence-corrected chi connectivity index (χ2v) is 5.94. The zero-order chi connectivity index (χ0) is 15.3. The number of nitrogens with zero attached hydrogens (tertiary/aromatic N) is 1. The van der Waals surface area contributed by atoms with E-state index in [9.17, 15) is 4.79 Å². The second-order valence-electron chi connectivity index (χ2n) is 5.94. The third kappa shape index (κ3) is 4.30. The first kappa shape index (κ1) is 15.0. The van der Waals surface area contributed by atoms with Crippen LogP contribution in [0.5, 0.6) is 5.75 Å². The molecule has 0 aliphatic carbocycles. The van der Waals surface area contributed by atoms with Crippen molar-refractivity contribution in [3.8, 4) is 5.75 Å². The van der Waals surface area contributed by atoms with Gasteiger partial charge in [-0.2, -0.15) is 4.99 Å². The van der Waals surface area contributed by atoms with Crippen LogP contribution in [0, 0.1) is 0 Å². The van der Waals surface area contributed by atoms with E-state index in [4.69, 9.17) is 4.74 Å². The molecule has 0 fully saturated rings. The molecule has 2 aromatic carbocycles. The molecule has 0 radical (unpaired) electrons. The number of rotatable bonds is 4. The summed E-state index contributed by atoms with van der Waals surface area (Å²) in [6.07, 6.45) is 1.54. The fraction of sp³-hybridized carbons (Fsp3) is 0.278. The van der Waals surface area contributed by atoms with E-state index in [0.717, 1.165) is 11.3 Å². The van der Waals surface area contributed by atoms with Gasteiger partial charge in [0.1, 0.15) is 12.4 Å². The first-order valence-electron chi connectivity index (χ1n) is 6.89. The summed E-state index contributed by atoms with van der Waals surface area (Å²) in [7, 11) is 0. The first-order valence-corrected chi connectivity index (χ1v) is 6.89. The molecule has 0 saturated carbocycles. The van der Waals surface area contributed by atoms with Crippen molar-refractivity contribution in [1.82, 2.24) is 0 Å². The molecule has 0 saturated heterocycles. The third-order valence-corrected chi connectivity index (χ3v) is 3.21. The van der Waals surface area contributed by atoms with E-state index < -0.39 is 0 Å². The largest absolute Gasteiger partial charge is 0.489 e. The highest BCUT2D eigenvalue weighted by atomic mass is 16.5. The summed E-state index contributed by atoms with van der Waals surface area (Å²) in [5.41, 5.74) is 2.97. The van der Waals surface area contributed by atoms with E-state index in [1.807, 2.05) is 30.3 Å². The molecule has 0 amide bonds. The van der Waals surface area contributed by atoms with E-state index in [-0.39, 0.29) is 5.41 Å². The van der Waals surface area contributed by atoms with Crippen molar-refractivity contribution in [2.24, 2.45) is 4.99 Å². The van der Waals surface area contributed by atoms with Crippen LogP contribution in [0.2, 0.25) is 0 Å². The van der Waals surface area contributed by atoms with Crippen LogP contribution < -0.4 is 4.74 Å². The van der Waals surface area contributed by atoms with Gasteiger partial charge in [-0.15, -0.1) is 0 Å². The van der Waals surface area contributed by atoms with Crippen molar-refractivity contribution in [3.63, 3.8) is 0 Å². The Bertz CT molecular complexity index is 648. The van der Waals surface area contributed by atoms with Gasteiger partial charge >= 0.3 is 0 Å². The number of isocyanates is 1. The summed E-state index contributed by atoms with van der Waals surface area (Å²) in [6.45, 7) is 6.99. The smallest absolute Gasteiger partial charge is 0.240 e. The molecule has 0 unspecified atom stereocenters. The van der Waals surface area contributed by atoms with Gasteiger partial charge in [-0.25, -0.2) is 4.79 Å². The fourth-order valence-electron chi connectivity index (χ4n) is 1.99. The Kier molecular flexibility index (Phi) is 4.56. The Hall–Kier alpha value is -2.38. The standard InChI is InChI=1S/C18H19NO2/c1-18(2,3)15-7-9-17(10-8-15)21-12-14-5-4-6-16(11-14)19-13-20/h4-11H,12H2,1-3H3. The Morgan fingerprint density at radius 2 is 1.81 bits per heavy atom. The van der Waals surface area contributed by atoms with Crippen LogP contribution in [0.15, 0.2) is 53.5 Å². The summed E-state index contributed by atoms with van der Waals surface area (Å²) in [5, 5.41) is 0. The molecule has 0 spiro atoms. The van der Waals surface area contributed by atoms with Gasteiger partial charge in [0, 0.05) is 0 Å². The minimum absolute atomic E-state index is 0.139. The van der Waals surface area contributed by atoms with Gasteiger partial charge < -0.3 is 4.74 Å². The van der Waals surface area contributed by atoms with Gasteiger partial charge in [-0.3, -0.25) is 0 Å². The second kappa shape index (κ2) is 6.38. The van der Waals surface area contributed by atoms with Crippen molar-refractivity contribution >= 4 is 11.8 Å². The van der Waals surface area contributed by atoms with Crippen molar-refractivity contribution in [3.05, 3.63) is 59.7 Å². The maximum absolute atomic E-state index is 10.3. The van der Waals surface area contributed by atoms with Crippen LogP contribution >= 0.6 is 0 Å². The van der Waals surface area contributed by atoms with Gasteiger partial charge in [0.05, 0.1) is 5.69 Å². The van der Waals surface area contributed by atoms with Crippen LogP contribution in [0.4, 0.5) is 5.69 Å². The van der Waals surface area contributed by atoms with Crippen LogP contribution in [-0.4, -0.2) is 6.08 Å². The Morgan fingerprint density at radius 3 is 2.43 bits per heavy atom. The summed E-state index contributed by atoms with van der Waals surface area (Å²) in [5.74, 6) is 0.826. The Labute approximate surface area is 125 Å². The maximum atomic E-state index is 10.3. The van der Waals surface area contributed by atoms with Crippen LogP contribution in [0.3, 0.4) is 0 Å². The van der Waals surface area contributed by atoms with Gasteiger partial charge in [-0.1, -0.05) is 45.0 Å². The predicted octanol–water partition coefficient (Wildman–Crippen LogP) is 4.53. The lowest BCUT2D eigenvalue weighted by atomic mass is 9.87. The van der Waals surface area contributed by atoms with Crippen LogP contribution in [0.1, 0.15) is 31.9 Å². The summed E-state index contributed by atoms with van der Waals surface area (Å²) < 4.78 is 5.75. The number of ether oxygens (including phenoxy) is 1. The molecule has 0 heterocycles. The highest BCUT2D eigenvalue weighted by Crippen LogP contribution is 2.24. The zero-order valence-electron chi connectivity index (χ0n) is 12.6. The normalized spacial score (nSPS) is 10.8. The number of carbonyl (C=O) groups excluding carboxylic acids is 1.